The zero-order chi connectivity index (χ0) is 43.9. The van der Waals surface area contributed by atoms with Crippen LogP contribution in [0.4, 0.5) is 34.1 Å². The van der Waals surface area contributed by atoms with Gasteiger partial charge in [0.1, 0.15) is 5.58 Å². The molecule has 2 aliphatic heterocycles. The van der Waals surface area contributed by atoms with E-state index < -0.39 is 0 Å². The molecule has 0 saturated carbocycles. The number of hydrogen-bond donors (Lipinski definition) is 0. The van der Waals surface area contributed by atoms with Gasteiger partial charge in [-0.1, -0.05) is 163 Å². The van der Waals surface area contributed by atoms with E-state index in [2.05, 4.69) is 221 Å². The summed E-state index contributed by atoms with van der Waals surface area (Å²) in [7, 11) is 0. The highest BCUT2D eigenvalue weighted by atomic mass is 16.3. The summed E-state index contributed by atoms with van der Waals surface area (Å²) in [5, 5.41) is 1.14. The minimum atomic E-state index is -0.136. The van der Waals surface area contributed by atoms with Crippen molar-refractivity contribution in [3.8, 4) is 11.1 Å². The van der Waals surface area contributed by atoms with Gasteiger partial charge in [0.05, 0.1) is 17.0 Å². The molecule has 0 fully saturated rings. The van der Waals surface area contributed by atoms with Crippen molar-refractivity contribution < 1.29 is 4.42 Å². The van der Waals surface area contributed by atoms with Crippen molar-refractivity contribution in [1.29, 1.82) is 0 Å². The third-order valence-corrected chi connectivity index (χ3v) is 14.6. The Bertz CT molecular complexity index is 2910. The molecule has 0 unspecified atom stereocenters. The van der Waals surface area contributed by atoms with Crippen LogP contribution in [0.25, 0.3) is 22.1 Å². The lowest BCUT2D eigenvalue weighted by molar-refractivity contribution is 0.333. The van der Waals surface area contributed by atoms with Gasteiger partial charge in [-0.25, -0.2) is 0 Å². The summed E-state index contributed by atoms with van der Waals surface area (Å²) in [6, 6.07) is 46.4. The van der Waals surface area contributed by atoms with E-state index >= 15 is 0 Å². The molecule has 62 heavy (non-hydrogen) atoms. The van der Waals surface area contributed by atoms with Gasteiger partial charge >= 0.3 is 0 Å². The van der Waals surface area contributed by atoms with Crippen molar-refractivity contribution in [2.75, 3.05) is 9.80 Å². The lowest BCUT2D eigenvalue weighted by Crippen LogP contribution is -2.61. The third-order valence-electron chi connectivity index (χ3n) is 14.6. The Kier molecular flexibility index (Phi) is 8.85. The topological polar surface area (TPSA) is 19.6 Å². The molecule has 3 aliphatic rings. The Morgan fingerprint density at radius 2 is 1.13 bits per heavy atom. The largest absolute Gasteiger partial charge is 0.468 e. The van der Waals surface area contributed by atoms with Crippen LogP contribution in [0.5, 0.6) is 0 Å². The van der Waals surface area contributed by atoms with Gasteiger partial charge in [-0.3, -0.25) is 0 Å². The number of benzene rings is 6. The maximum atomic E-state index is 7.29. The number of fused-ring (bicyclic) bond motifs is 8. The van der Waals surface area contributed by atoms with Crippen LogP contribution in [-0.2, 0) is 27.1 Å². The number of para-hydroxylation sites is 1. The molecule has 4 heteroatoms. The first-order valence-electron chi connectivity index (χ1n) is 22.9. The van der Waals surface area contributed by atoms with Crippen LogP contribution in [0.15, 0.2) is 126 Å². The van der Waals surface area contributed by atoms with Crippen molar-refractivity contribution >= 4 is 68.4 Å². The van der Waals surface area contributed by atoms with E-state index in [0.29, 0.717) is 0 Å². The predicted octanol–water partition coefficient (Wildman–Crippen LogP) is 14.4. The highest BCUT2D eigenvalue weighted by molar-refractivity contribution is 7.00. The number of nitrogens with zero attached hydrogens (tertiary/aromatic N) is 2. The highest BCUT2D eigenvalue weighted by Crippen LogP contribution is 2.56. The number of furan rings is 1. The van der Waals surface area contributed by atoms with E-state index in [-0.39, 0.29) is 33.8 Å². The zero-order valence-electron chi connectivity index (χ0n) is 39.3. The van der Waals surface area contributed by atoms with E-state index in [9.17, 15) is 0 Å². The van der Waals surface area contributed by atoms with Crippen molar-refractivity contribution in [2.45, 2.75) is 130 Å². The molecular weight excluding hydrogens is 751 g/mol. The molecule has 0 saturated heterocycles. The quantitative estimate of drug-likeness (QED) is 0.166. The van der Waals surface area contributed by atoms with Crippen LogP contribution < -0.4 is 26.4 Å². The van der Waals surface area contributed by atoms with E-state index in [1.807, 2.05) is 0 Å². The fraction of sp³-hybridized carbons (Fsp3) is 0.345. The first kappa shape index (κ1) is 40.6. The van der Waals surface area contributed by atoms with Crippen molar-refractivity contribution in [2.24, 2.45) is 0 Å². The molecule has 6 aromatic carbocycles. The Morgan fingerprint density at radius 3 is 1.79 bits per heavy atom. The molecule has 7 aromatic rings. The number of hydrogen-bond acceptors (Lipinski definition) is 3. The maximum absolute atomic E-state index is 7.29. The van der Waals surface area contributed by atoms with Crippen LogP contribution in [-0.4, -0.2) is 6.71 Å². The normalized spacial score (nSPS) is 16.5. The summed E-state index contributed by atoms with van der Waals surface area (Å²) in [5.41, 5.74) is 21.0. The lowest BCUT2D eigenvalue weighted by atomic mass is 9.35. The second-order valence-corrected chi connectivity index (χ2v) is 22.9. The van der Waals surface area contributed by atoms with E-state index in [4.69, 9.17) is 4.42 Å². The molecule has 314 valence electrons. The van der Waals surface area contributed by atoms with Gasteiger partial charge in [0.15, 0.2) is 0 Å². The summed E-state index contributed by atoms with van der Waals surface area (Å²) in [6.07, 6.45) is 2.27. The second-order valence-electron chi connectivity index (χ2n) is 22.9. The third kappa shape index (κ3) is 6.22. The van der Waals surface area contributed by atoms with Gasteiger partial charge < -0.3 is 14.2 Å². The predicted molar refractivity (Wildman–Crippen MR) is 267 cm³/mol. The van der Waals surface area contributed by atoms with Gasteiger partial charge in [0, 0.05) is 33.7 Å². The van der Waals surface area contributed by atoms with Gasteiger partial charge in [-0.05, 0) is 133 Å². The Labute approximate surface area is 371 Å². The van der Waals surface area contributed by atoms with Crippen LogP contribution in [0.1, 0.15) is 131 Å². The Hall–Kier alpha value is -5.48. The van der Waals surface area contributed by atoms with Crippen molar-refractivity contribution in [3.63, 3.8) is 0 Å². The van der Waals surface area contributed by atoms with Gasteiger partial charge in [0.2, 0.25) is 0 Å². The van der Waals surface area contributed by atoms with Crippen LogP contribution >= 0.6 is 0 Å². The highest BCUT2D eigenvalue weighted by Gasteiger charge is 2.51. The summed E-state index contributed by atoms with van der Waals surface area (Å²) >= 11 is 0. The van der Waals surface area contributed by atoms with Gasteiger partial charge in [-0.15, -0.1) is 0 Å². The van der Waals surface area contributed by atoms with Crippen LogP contribution in [0.3, 0.4) is 0 Å². The molecular formula is C58H63BN2O. The van der Waals surface area contributed by atoms with Crippen LogP contribution in [0.2, 0.25) is 0 Å². The van der Waals surface area contributed by atoms with E-state index in [0.717, 1.165) is 40.8 Å². The monoisotopic (exact) mass is 815 g/mol. The number of anilines is 6. The summed E-state index contributed by atoms with van der Waals surface area (Å²) < 4.78 is 7.29. The minimum Gasteiger partial charge on any atom is -0.468 e. The van der Waals surface area contributed by atoms with E-state index in [1.54, 1.807) is 0 Å². The molecule has 0 bridgehead atoms. The fourth-order valence-corrected chi connectivity index (χ4v) is 10.8. The molecule has 0 spiro atoms. The SMILES string of the molecule is CC(C)(C)c1ccc(N2c3cc(C(C)(C)C)cc4c3B(c3ccc5c(c3N4c3ccc(C(C)(C)C)cc3-c3ccccc3)C(C)(C)CCC5(C)C)c3oc4ccccc4c32)cc1. The molecule has 0 atom stereocenters. The number of rotatable bonds is 3. The zero-order valence-corrected chi connectivity index (χ0v) is 39.3. The Morgan fingerprint density at radius 1 is 0.532 bits per heavy atom. The standard InChI is InChI=1S/C58H63BN2O/c1-54(2,3)37-23-26-40(27-24-37)60-46-34-39(56(7,8)9)35-47-50(46)59(53-51(60)41-21-17-18-22-48(41)62-53)44-29-28-43-49(58(12,13)32-31-57(43,10)11)52(44)61(47)45-30-25-38(55(4,5)6)33-42(45)36-19-15-14-16-20-36/h14-30,33-35H,31-32H2,1-13H3. The minimum absolute atomic E-state index is 0.0235. The molecule has 0 N–H and O–H groups in total. The molecule has 10 rings (SSSR count). The summed E-state index contributed by atoms with van der Waals surface area (Å²) in [6.45, 7) is 30.7. The molecule has 3 nitrogen and oxygen atoms in total. The summed E-state index contributed by atoms with van der Waals surface area (Å²) in [4.78, 5) is 5.25. The fourth-order valence-electron chi connectivity index (χ4n) is 10.8. The molecule has 3 heterocycles. The first-order valence-corrected chi connectivity index (χ1v) is 22.9. The van der Waals surface area contributed by atoms with Gasteiger partial charge in [-0.2, -0.15) is 0 Å². The first-order chi connectivity index (χ1) is 29.1. The second kappa shape index (κ2) is 13.5. The van der Waals surface area contributed by atoms with Gasteiger partial charge in [0.25, 0.3) is 6.71 Å². The molecule has 0 radical (unpaired) electrons. The average molecular weight is 815 g/mol. The molecule has 0 amide bonds. The maximum Gasteiger partial charge on any atom is 0.297 e. The van der Waals surface area contributed by atoms with Crippen molar-refractivity contribution in [1.82, 2.24) is 0 Å². The smallest absolute Gasteiger partial charge is 0.297 e. The van der Waals surface area contributed by atoms with Crippen LogP contribution in [0, 0.1) is 0 Å². The average Bonchev–Trinajstić information content (AvgIpc) is 3.60. The lowest BCUT2D eigenvalue weighted by Gasteiger charge is -2.49. The molecule has 1 aliphatic carbocycles. The van der Waals surface area contributed by atoms with E-state index in [1.165, 1.54) is 72.6 Å². The Balaban J connectivity index is 1.39. The van der Waals surface area contributed by atoms with Crippen molar-refractivity contribution in [3.05, 3.63) is 149 Å². The molecule has 1 aromatic heterocycles. The summed E-state index contributed by atoms with van der Waals surface area (Å²) in [5.74, 6) is 0.